The van der Waals surface area contributed by atoms with Crippen LogP contribution in [0, 0.1) is 0 Å². The van der Waals surface area contributed by atoms with E-state index in [4.69, 9.17) is 36.1 Å². The van der Waals surface area contributed by atoms with Gasteiger partial charge in [0.25, 0.3) is 0 Å². The van der Waals surface area contributed by atoms with E-state index in [1.807, 2.05) is 0 Å². The molecule has 0 fully saturated rings. The highest BCUT2D eigenvalue weighted by Gasteiger charge is 2.23. The molecule has 0 unspecified atom stereocenters. The predicted octanol–water partition coefficient (Wildman–Crippen LogP) is 2.60. The summed E-state index contributed by atoms with van der Waals surface area (Å²) in [5, 5.41) is 3.94. The van der Waals surface area contributed by atoms with E-state index < -0.39 is 0 Å². The average Bonchev–Trinajstić information content (AvgIpc) is 2.83. The van der Waals surface area contributed by atoms with Crippen LogP contribution in [-0.2, 0) is 0 Å². The Labute approximate surface area is 115 Å². The molecule has 0 aliphatic rings. The van der Waals surface area contributed by atoms with Crippen LogP contribution >= 0.6 is 11.6 Å². The third kappa shape index (κ3) is 2.15. The van der Waals surface area contributed by atoms with Crippen LogP contribution in [0.25, 0.3) is 11.1 Å². The number of nitrogens with zero attached hydrogens (tertiary/aromatic N) is 1. The van der Waals surface area contributed by atoms with Crippen LogP contribution in [-0.4, -0.2) is 26.5 Å². The Morgan fingerprint density at radius 1 is 1.16 bits per heavy atom. The second-order valence-electron chi connectivity index (χ2n) is 3.61. The van der Waals surface area contributed by atoms with Crippen LogP contribution in [0.3, 0.4) is 0 Å². The number of anilines is 1. The number of rotatable bonds is 4. The van der Waals surface area contributed by atoms with Gasteiger partial charge < -0.3 is 24.5 Å². The molecule has 0 spiro atoms. The molecule has 2 rings (SSSR count). The first-order chi connectivity index (χ1) is 9.13. The highest BCUT2D eigenvalue weighted by atomic mass is 35.5. The van der Waals surface area contributed by atoms with E-state index in [1.165, 1.54) is 27.5 Å². The van der Waals surface area contributed by atoms with Crippen molar-refractivity contribution in [2.24, 2.45) is 0 Å². The van der Waals surface area contributed by atoms with Gasteiger partial charge in [-0.25, -0.2) is 0 Å². The van der Waals surface area contributed by atoms with E-state index in [1.54, 1.807) is 6.07 Å². The lowest BCUT2D eigenvalue weighted by Crippen LogP contribution is -1.97. The van der Waals surface area contributed by atoms with E-state index in [-0.39, 0.29) is 5.88 Å². The van der Waals surface area contributed by atoms with Crippen LogP contribution in [0.2, 0.25) is 5.02 Å². The normalized spacial score (nSPS) is 10.3. The molecule has 19 heavy (non-hydrogen) atoms. The maximum atomic E-state index is 6.33. The number of aromatic nitrogens is 1. The summed E-state index contributed by atoms with van der Waals surface area (Å²) in [5.41, 5.74) is 6.78. The molecule has 0 saturated heterocycles. The minimum Gasteiger partial charge on any atom is -0.496 e. The molecule has 2 N–H and O–H groups in total. The van der Waals surface area contributed by atoms with Crippen LogP contribution in [0.5, 0.6) is 17.2 Å². The quantitative estimate of drug-likeness (QED) is 0.929. The smallest absolute Gasteiger partial charge is 0.230 e. The Hall–Kier alpha value is -2.08. The number of nitrogens with two attached hydrogens (primary N) is 1. The standard InChI is InChI=1S/C12H13ClN2O4/c1-16-7-4-8(17-2)11(18-3)10(13)9(7)6-5-15-19-12(6)14/h4-5H,14H2,1-3H3. The summed E-state index contributed by atoms with van der Waals surface area (Å²) in [6.07, 6.45) is 1.46. The number of halogens is 1. The van der Waals surface area contributed by atoms with Gasteiger partial charge in [0, 0.05) is 6.07 Å². The van der Waals surface area contributed by atoms with Gasteiger partial charge in [-0.05, 0) is 0 Å². The predicted molar refractivity (Wildman–Crippen MR) is 71.0 cm³/mol. The van der Waals surface area contributed by atoms with Crippen molar-refractivity contribution in [3.8, 4) is 28.4 Å². The van der Waals surface area contributed by atoms with Gasteiger partial charge in [0.05, 0.1) is 43.7 Å². The molecule has 0 saturated carbocycles. The van der Waals surface area contributed by atoms with Crippen molar-refractivity contribution in [1.82, 2.24) is 5.16 Å². The zero-order valence-corrected chi connectivity index (χ0v) is 11.4. The molecule has 0 bridgehead atoms. The van der Waals surface area contributed by atoms with Crippen molar-refractivity contribution in [2.45, 2.75) is 0 Å². The lowest BCUT2D eigenvalue weighted by atomic mass is 10.1. The number of hydrogen-bond acceptors (Lipinski definition) is 6. The first-order valence-corrected chi connectivity index (χ1v) is 5.70. The molecule has 0 aliphatic heterocycles. The number of hydrogen-bond donors (Lipinski definition) is 1. The van der Waals surface area contributed by atoms with Crippen LogP contribution in [0.15, 0.2) is 16.8 Å². The number of ether oxygens (including phenoxy) is 3. The van der Waals surface area contributed by atoms with E-state index >= 15 is 0 Å². The molecular formula is C12H13ClN2O4. The fourth-order valence-electron chi connectivity index (χ4n) is 1.78. The molecule has 1 aromatic carbocycles. The Balaban J connectivity index is 2.76. The topological polar surface area (TPSA) is 79.7 Å². The lowest BCUT2D eigenvalue weighted by Gasteiger charge is -2.15. The molecule has 0 aliphatic carbocycles. The summed E-state index contributed by atoms with van der Waals surface area (Å²) >= 11 is 6.33. The van der Waals surface area contributed by atoms with Gasteiger partial charge in [0.15, 0.2) is 11.5 Å². The van der Waals surface area contributed by atoms with Gasteiger partial charge in [0.1, 0.15) is 5.75 Å². The molecule has 2 aromatic rings. The monoisotopic (exact) mass is 284 g/mol. The van der Waals surface area contributed by atoms with Gasteiger partial charge >= 0.3 is 0 Å². The number of methoxy groups -OCH3 is 3. The summed E-state index contributed by atoms with van der Waals surface area (Å²) in [7, 11) is 4.53. The molecule has 0 amide bonds. The SMILES string of the molecule is COc1cc(OC)c(-c2cnoc2N)c(Cl)c1OC. The number of nitrogen functional groups attached to an aromatic ring is 1. The van der Waals surface area contributed by atoms with Crippen molar-refractivity contribution < 1.29 is 18.7 Å². The Morgan fingerprint density at radius 2 is 1.84 bits per heavy atom. The molecule has 0 radical (unpaired) electrons. The third-order valence-electron chi connectivity index (χ3n) is 2.66. The van der Waals surface area contributed by atoms with Crippen molar-refractivity contribution >= 4 is 17.5 Å². The van der Waals surface area contributed by atoms with Crippen molar-refractivity contribution in [2.75, 3.05) is 27.1 Å². The average molecular weight is 285 g/mol. The second-order valence-corrected chi connectivity index (χ2v) is 3.99. The van der Waals surface area contributed by atoms with Crippen LogP contribution in [0.1, 0.15) is 0 Å². The van der Waals surface area contributed by atoms with E-state index in [0.717, 1.165) is 0 Å². The molecular weight excluding hydrogens is 272 g/mol. The summed E-state index contributed by atoms with van der Waals surface area (Å²) < 4.78 is 20.6. The minimum absolute atomic E-state index is 0.146. The van der Waals surface area contributed by atoms with Gasteiger partial charge in [-0.15, -0.1) is 0 Å². The van der Waals surface area contributed by atoms with Crippen molar-refractivity contribution in [3.63, 3.8) is 0 Å². The van der Waals surface area contributed by atoms with Crippen LogP contribution < -0.4 is 19.9 Å². The first-order valence-electron chi connectivity index (χ1n) is 5.33. The van der Waals surface area contributed by atoms with E-state index in [0.29, 0.717) is 33.4 Å². The molecule has 0 atom stereocenters. The zero-order chi connectivity index (χ0) is 14.0. The Bertz CT molecular complexity index is 598. The molecule has 6 nitrogen and oxygen atoms in total. The fourth-order valence-corrected chi connectivity index (χ4v) is 2.14. The van der Waals surface area contributed by atoms with Crippen LogP contribution in [0.4, 0.5) is 5.88 Å². The first kappa shape index (κ1) is 13.4. The second kappa shape index (κ2) is 5.27. The van der Waals surface area contributed by atoms with Gasteiger partial charge in [-0.3, -0.25) is 0 Å². The lowest BCUT2D eigenvalue weighted by molar-refractivity contribution is 0.349. The summed E-state index contributed by atoms with van der Waals surface area (Å²) in [4.78, 5) is 0. The number of benzene rings is 1. The minimum atomic E-state index is 0.146. The van der Waals surface area contributed by atoms with E-state index in [9.17, 15) is 0 Å². The largest absolute Gasteiger partial charge is 0.496 e. The van der Waals surface area contributed by atoms with Crippen molar-refractivity contribution in [1.29, 1.82) is 0 Å². The molecule has 1 aromatic heterocycles. The zero-order valence-electron chi connectivity index (χ0n) is 10.7. The van der Waals surface area contributed by atoms with Gasteiger partial charge in [-0.1, -0.05) is 16.8 Å². The maximum Gasteiger partial charge on any atom is 0.230 e. The summed E-state index contributed by atoms with van der Waals surface area (Å²) in [5.74, 6) is 1.48. The van der Waals surface area contributed by atoms with Gasteiger partial charge in [0.2, 0.25) is 5.88 Å². The molecule has 102 valence electrons. The molecule has 7 heteroatoms. The Morgan fingerprint density at radius 3 is 2.32 bits per heavy atom. The fraction of sp³-hybridized carbons (Fsp3) is 0.250. The molecule has 1 heterocycles. The summed E-state index contributed by atoms with van der Waals surface area (Å²) in [6, 6.07) is 1.66. The summed E-state index contributed by atoms with van der Waals surface area (Å²) in [6.45, 7) is 0. The highest BCUT2D eigenvalue weighted by Crippen LogP contribution is 2.48. The van der Waals surface area contributed by atoms with Gasteiger partial charge in [-0.2, -0.15) is 0 Å². The van der Waals surface area contributed by atoms with E-state index in [2.05, 4.69) is 5.16 Å². The Kier molecular flexibility index (Phi) is 3.71. The highest BCUT2D eigenvalue weighted by molar-refractivity contribution is 6.35. The maximum absolute atomic E-state index is 6.33. The van der Waals surface area contributed by atoms with Crippen molar-refractivity contribution in [3.05, 3.63) is 17.3 Å². The third-order valence-corrected chi connectivity index (χ3v) is 3.02.